The Hall–Kier alpha value is -3.39. The maximum Gasteiger partial charge on any atom is 0.325 e. The number of urea groups is 1. The predicted molar refractivity (Wildman–Crippen MR) is 102 cm³/mol. The van der Waals surface area contributed by atoms with Crippen LogP contribution >= 0.6 is 11.6 Å². The van der Waals surface area contributed by atoms with Crippen molar-refractivity contribution in [3.8, 4) is 17.1 Å². The summed E-state index contributed by atoms with van der Waals surface area (Å²) in [5, 5.41) is 7.24. The lowest BCUT2D eigenvalue weighted by Crippen LogP contribution is -2.47. The Bertz CT molecular complexity index is 1130. The molecule has 1 fully saturated rings. The highest BCUT2D eigenvalue weighted by Crippen LogP contribution is 2.41. The van der Waals surface area contributed by atoms with E-state index in [0.717, 1.165) is 4.90 Å². The van der Waals surface area contributed by atoms with Crippen LogP contribution in [-0.2, 0) is 16.9 Å². The average Bonchev–Trinajstić information content (AvgIpc) is 3.28. The first-order valence-corrected chi connectivity index (χ1v) is 9.40. The Kier molecular flexibility index (Phi) is 4.02. The molecule has 1 spiro atoms. The summed E-state index contributed by atoms with van der Waals surface area (Å²) in [7, 11) is 0. The Morgan fingerprint density at radius 3 is 2.79 bits per heavy atom. The Balaban J connectivity index is 1.44. The van der Waals surface area contributed by atoms with Gasteiger partial charge in [0.25, 0.3) is 5.91 Å². The van der Waals surface area contributed by atoms with Crippen molar-refractivity contribution in [1.29, 1.82) is 0 Å². The zero-order valence-corrected chi connectivity index (χ0v) is 15.8. The predicted octanol–water partition coefficient (Wildman–Crippen LogP) is 3.12. The van der Waals surface area contributed by atoms with Crippen LogP contribution in [0.25, 0.3) is 11.4 Å². The molecular weight excluding hydrogens is 396 g/mol. The molecule has 2 aromatic carbocycles. The van der Waals surface area contributed by atoms with Crippen LogP contribution in [0.4, 0.5) is 4.79 Å². The number of nitrogens with zero attached hydrogens (tertiary/aromatic N) is 3. The van der Waals surface area contributed by atoms with Gasteiger partial charge in [0.2, 0.25) is 11.7 Å². The third-order valence-corrected chi connectivity index (χ3v) is 5.46. The monoisotopic (exact) mass is 410 g/mol. The molecule has 1 atom stereocenters. The van der Waals surface area contributed by atoms with Crippen molar-refractivity contribution in [2.24, 2.45) is 0 Å². The lowest BCUT2D eigenvalue weighted by molar-refractivity contribution is -0.133. The summed E-state index contributed by atoms with van der Waals surface area (Å²) in [5.41, 5.74) is 0.114. The maximum atomic E-state index is 13.3. The number of rotatable bonds is 3. The summed E-state index contributed by atoms with van der Waals surface area (Å²) >= 11 is 6.17. The lowest BCUT2D eigenvalue weighted by atomic mass is 9.84. The van der Waals surface area contributed by atoms with Gasteiger partial charge in [-0.3, -0.25) is 9.69 Å². The van der Waals surface area contributed by atoms with Crippen LogP contribution in [0.1, 0.15) is 17.9 Å². The topological polar surface area (TPSA) is 97.6 Å². The van der Waals surface area contributed by atoms with E-state index in [0.29, 0.717) is 40.8 Å². The molecule has 3 heterocycles. The van der Waals surface area contributed by atoms with Crippen molar-refractivity contribution in [3.63, 3.8) is 0 Å². The number of nitrogens with one attached hydrogen (secondary N) is 1. The first kappa shape index (κ1) is 17.7. The molecular formula is C20H15ClN4O4. The fourth-order valence-electron chi connectivity index (χ4n) is 3.72. The first-order chi connectivity index (χ1) is 14.1. The largest absolute Gasteiger partial charge is 0.493 e. The summed E-state index contributed by atoms with van der Waals surface area (Å²) in [6, 6.07) is 13.8. The number of para-hydroxylation sites is 1. The van der Waals surface area contributed by atoms with E-state index in [4.69, 9.17) is 20.9 Å². The van der Waals surface area contributed by atoms with Gasteiger partial charge < -0.3 is 14.6 Å². The van der Waals surface area contributed by atoms with E-state index in [1.165, 1.54) is 0 Å². The number of carbonyl (C=O) groups is 2. The molecule has 0 aliphatic carbocycles. The van der Waals surface area contributed by atoms with E-state index < -0.39 is 11.6 Å². The standard InChI is InChI=1S/C20H15ClN4O4/c21-14-7-3-1-5-12(14)17-22-16(29-24-17)11-25-18(26)20(23-19(25)27)9-10-28-15-8-4-2-6-13(15)20/h1-8H,9-11H2,(H,23,27). The van der Waals surface area contributed by atoms with Gasteiger partial charge in [0.1, 0.15) is 12.3 Å². The highest BCUT2D eigenvalue weighted by atomic mass is 35.5. The molecule has 1 unspecified atom stereocenters. The molecule has 146 valence electrons. The molecule has 2 aliphatic heterocycles. The van der Waals surface area contributed by atoms with Crippen LogP contribution in [0.2, 0.25) is 5.02 Å². The van der Waals surface area contributed by atoms with Crippen molar-refractivity contribution < 1.29 is 18.8 Å². The molecule has 5 rings (SSSR count). The Morgan fingerprint density at radius 2 is 1.93 bits per heavy atom. The van der Waals surface area contributed by atoms with Crippen molar-refractivity contribution in [1.82, 2.24) is 20.4 Å². The number of benzene rings is 2. The number of imide groups is 1. The van der Waals surface area contributed by atoms with E-state index in [2.05, 4.69) is 15.5 Å². The zero-order chi connectivity index (χ0) is 20.0. The van der Waals surface area contributed by atoms with Gasteiger partial charge in [0.15, 0.2) is 5.54 Å². The van der Waals surface area contributed by atoms with Crippen molar-refractivity contribution in [2.75, 3.05) is 6.61 Å². The van der Waals surface area contributed by atoms with Gasteiger partial charge in [-0.2, -0.15) is 4.98 Å². The molecule has 9 heteroatoms. The molecule has 8 nitrogen and oxygen atoms in total. The van der Waals surface area contributed by atoms with Crippen molar-refractivity contribution in [2.45, 2.75) is 18.5 Å². The highest BCUT2D eigenvalue weighted by molar-refractivity contribution is 6.33. The zero-order valence-electron chi connectivity index (χ0n) is 15.1. The second-order valence-corrected chi connectivity index (χ2v) is 7.22. The van der Waals surface area contributed by atoms with Gasteiger partial charge in [0, 0.05) is 17.5 Å². The minimum absolute atomic E-state index is 0.132. The van der Waals surface area contributed by atoms with E-state index in [-0.39, 0.29) is 18.3 Å². The summed E-state index contributed by atoms with van der Waals surface area (Å²) < 4.78 is 10.9. The minimum Gasteiger partial charge on any atom is -0.493 e. The fourth-order valence-corrected chi connectivity index (χ4v) is 3.94. The number of hydrogen-bond acceptors (Lipinski definition) is 6. The molecule has 2 aliphatic rings. The van der Waals surface area contributed by atoms with Crippen LogP contribution in [0.3, 0.4) is 0 Å². The molecule has 29 heavy (non-hydrogen) atoms. The molecule has 3 aromatic rings. The van der Waals surface area contributed by atoms with Gasteiger partial charge in [-0.1, -0.05) is 47.1 Å². The summed E-state index contributed by atoms with van der Waals surface area (Å²) in [6.07, 6.45) is 0.347. The minimum atomic E-state index is -1.14. The molecule has 1 aromatic heterocycles. The molecule has 0 bridgehead atoms. The SMILES string of the molecule is O=C1NC2(CCOc3ccccc32)C(=O)N1Cc1nc(-c2ccccc2Cl)no1. The van der Waals surface area contributed by atoms with E-state index >= 15 is 0 Å². The third-order valence-electron chi connectivity index (χ3n) is 5.13. The molecule has 0 saturated carbocycles. The van der Waals surface area contributed by atoms with Crippen molar-refractivity contribution >= 4 is 23.5 Å². The van der Waals surface area contributed by atoms with E-state index in [1.54, 1.807) is 36.4 Å². The van der Waals surface area contributed by atoms with Gasteiger partial charge in [-0.05, 0) is 18.2 Å². The molecule has 0 radical (unpaired) electrons. The Morgan fingerprint density at radius 1 is 1.14 bits per heavy atom. The fraction of sp³-hybridized carbons (Fsp3) is 0.200. The quantitative estimate of drug-likeness (QED) is 0.666. The van der Waals surface area contributed by atoms with Crippen LogP contribution in [0, 0.1) is 0 Å². The summed E-state index contributed by atoms with van der Waals surface area (Å²) in [4.78, 5) is 31.3. The number of halogens is 1. The number of aromatic nitrogens is 2. The van der Waals surface area contributed by atoms with Crippen LogP contribution in [0.15, 0.2) is 53.1 Å². The van der Waals surface area contributed by atoms with Crippen molar-refractivity contribution in [3.05, 3.63) is 65.0 Å². The number of ether oxygens (including phenoxy) is 1. The first-order valence-electron chi connectivity index (χ1n) is 9.02. The van der Waals surface area contributed by atoms with Gasteiger partial charge >= 0.3 is 6.03 Å². The van der Waals surface area contributed by atoms with Gasteiger partial charge in [-0.15, -0.1) is 0 Å². The number of carbonyl (C=O) groups excluding carboxylic acids is 2. The third kappa shape index (κ3) is 2.75. The maximum absolute atomic E-state index is 13.3. The van der Waals surface area contributed by atoms with E-state index in [1.807, 2.05) is 12.1 Å². The number of fused-ring (bicyclic) bond motifs is 2. The van der Waals surface area contributed by atoms with Gasteiger partial charge in [-0.25, -0.2) is 4.79 Å². The molecule has 1 saturated heterocycles. The van der Waals surface area contributed by atoms with Gasteiger partial charge in [0.05, 0.1) is 11.6 Å². The smallest absolute Gasteiger partial charge is 0.325 e. The number of hydrogen-bond donors (Lipinski definition) is 1. The normalized spacial score (nSPS) is 20.5. The Labute approximate surface area is 170 Å². The molecule has 3 amide bonds. The summed E-state index contributed by atoms with van der Waals surface area (Å²) in [6.45, 7) is 0.195. The lowest BCUT2D eigenvalue weighted by Gasteiger charge is -2.33. The second kappa shape index (κ2) is 6.59. The summed E-state index contributed by atoms with van der Waals surface area (Å²) in [5.74, 6) is 0.661. The highest BCUT2D eigenvalue weighted by Gasteiger charge is 2.55. The van der Waals surface area contributed by atoms with Crippen LogP contribution < -0.4 is 10.1 Å². The van der Waals surface area contributed by atoms with Crippen LogP contribution in [0.5, 0.6) is 5.75 Å². The van der Waals surface area contributed by atoms with E-state index in [9.17, 15) is 9.59 Å². The second-order valence-electron chi connectivity index (χ2n) is 6.81. The number of amides is 3. The molecule has 1 N–H and O–H groups in total. The average molecular weight is 411 g/mol. The van der Waals surface area contributed by atoms with Crippen LogP contribution in [-0.4, -0.2) is 33.6 Å².